The summed E-state index contributed by atoms with van der Waals surface area (Å²) in [5.74, 6) is -0.00403. The summed E-state index contributed by atoms with van der Waals surface area (Å²) >= 11 is 0. The maximum atomic E-state index is 13.2. The highest BCUT2D eigenvalue weighted by molar-refractivity contribution is 5.96. The minimum Gasteiger partial charge on any atom is -0.351 e. The molecule has 3 saturated heterocycles. The van der Waals surface area contributed by atoms with Crippen molar-refractivity contribution in [2.24, 2.45) is 0 Å². The number of ether oxygens (including phenoxy) is 1. The third-order valence-electron chi connectivity index (χ3n) is 6.14. The van der Waals surface area contributed by atoms with Gasteiger partial charge in [0.15, 0.2) is 5.72 Å². The van der Waals surface area contributed by atoms with Crippen LogP contribution in [0.15, 0.2) is 48.7 Å². The highest BCUT2D eigenvalue weighted by atomic mass is 16.5. The topological polar surface area (TPSA) is 62.7 Å². The average molecular weight is 363 g/mol. The van der Waals surface area contributed by atoms with E-state index in [0.717, 1.165) is 5.56 Å². The van der Waals surface area contributed by atoms with Gasteiger partial charge in [-0.3, -0.25) is 14.6 Å². The Bertz CT molecular complexity index is 916. The highest BCUT2D eigenvalue weighted by Gasteiger charge is 2.65. The molecule has 3 aliphatic heterocycles. The number of hydrogen-bond acceptors (Lipinski definition) is 4. The van der Waals surface area contributed by atoms with E-state index in [0.29, 0.717) is 37.3 Å². The van der Waals surface area contributed by atoms with Crippen LogP contribution in [0.2, 0.25) is 0 Å². The fraction of sp³-hybridized carbons (Fsp3) is 0.381. The molecule has 3 atom stereocenters. The monoisotopic (exact) mass is 363 g/mol. The molecule has 1 aromatic heterocycles. The molecule has 0 bridgehead atoms. The van der Waals surface area contributed by atoms with Crippen molar-refractivity contribution in [3.8, 4) is 0 Å². The number of amides is 2. The van der Waals surface area contributed by atoms with E-state index in [-0.39, 0.29) is 23.9 Å². The van der Waals surface area contributed by atoms with Crippen molar-refractivity contribution in [3.63, 3.8) is 0 Å². The number of pyridine rings is 1. The molecule has 27 heavy (non-hydrogen) atoms. The Labute approximate surface area is 157 Å². The first-order chi connectivity index (χ1) is 13.1. The Hall–Kier alpha value is -2.73. The van der Waals surface area contributed by atoms with Crippen molar-refractivity contribution in [2.45, 2.75) is 37.6 Å². The molecule has 0 radical (unpaired) electrons. The summed E-state index contributed by atoms with van der Waals surface area (Å²) < 4.78 is 6.27. The Balaban J connectivity index is 1.48. The van der Waals surface area contributed by atoms with Crippen LogP contribution < -0.4 is 0 Å². The Kier molecular flexibility index (Phi) is 3.59. The van der Waals surface area contributed by atoms with E-state index >= 15 is 0 Å². The van der Waals surface area contributed by atoms with Crippen LogP contribution in [0, 0.1) is 6.92 Å². The zero-order chi connectivity index (χ0) is 18.6. The molecule has 0 aliphatic carbocycles. The first kappa shape index (κ1) is 16.4. The third-order valence-corrected chi connectivity index (χ3v) is 6.14. The molecule has 0 unspecified atom stereocenters. The van der Waals surface area contributed by atoms with Gasteiger partial charge < -0.3 is 14.5 Å². The number of aryl methyl sites for hydroxylation is 1. The van der Waals surface area contributed by atoms with Crippen LogP contribution in [-0.4, -0.2) is 51.5 Å². The zero-order valence-corrected chi connectivity index (χ0v) is 15.2. The van der Waals surface area contributed by atoms with Crippen LogP contribution in [-0.2, 0) is 9.53 Å². The predicted octanol–water partition coefficient (Wildman–Crippen LogP) is 2.30. The Morgan fingerprint density at radius 1 is 1.22 bits per heavy atom. The van der Waals surface area contributed by atoms with Crippen molar-refractivity contribution in [1.82, 2.24) is 14.8 Å². The molecule has 2 aromatic rings. The van der Waals surface area contributed by atoms with Crippen LogP contribution in [0.25, 0.3) is 0 Å². The normalized spacial score (nSPS) is 29.1. The third kappa shape index (κ3) is 2.26. The number of hydrogen-bond donors (Lipinski definition) is 0. The zero-order valence-electron chi connectivity index (χ0n) is 15.2. The largest absolute Gasteiger partial charge is 0.351 e. The van der Waals surface area contributed by atoms with Gasteiger partial charge in [-0.25, -0.2) is 0 Å². The molecular formula is C21H21N3O3. The fourth-order valence-electron chi connectivity index (χ4n) is 4.87. The summed E-state index contributed by atoms with van der Waals surface area (Å²) in [4.78, 5) is 34.0. The standard InChI is InChI=1S/C21H21N3O3/c1-14-16(8-5-10-22-14)20(26)23-11-9-21-18(23)12-19(25)24(21)17(13-27-21)15-6-3-2-4-7-15/h2-8,10,17-18H,9,11-13H2,1H3/t17-,18+,21-/m0/s1. The van der Waals surface area contributed by atoms with E-state index in [1.165, 1.54) is 0 Å². The van der Waals surface area contributed by atoms with E-state index in [9.17, 15) is 9.59 Å². The maximum Gasteiger partial charge on any atom is 0.256 e. The quantitative estimate of drug-likeness (QED) is 0.821. The van der Waals surface area contributed by atoms with Gasteiger partial charge in [0.05, 0.1) is 30.7 Å². The summed E-state index contributed by atoms with van der Waals surface area (Å²) in [6.45, 7) is 2.89. The Morgan fingerprint density at radius 3 is 2.81 bits per heavy atom. The van der Waals surface area contributed by atoms with Crippen LogP contribution >= 0.6 is 0 Å². The molecular weight excluding hydrogens is 342 g/mol. The van der Waals surface area contributed by atoms with Gasteiger partial charge in [-0.2, -0.15) is 0 Å². The molecule has 1 aromatic carbocycles. The van der Waals surface area contributed by atoms with Crippen molar-refractivity contribution in [1.29, 1.82) is 0 Å². The van der Waals surface area contributed by atoms with Crippen molar-refractivity contribution < 1.29 is 14.3 Å². The van der Waals surface area contributed by atoms with Crippen molar-refractivity contribution in [2.75, 3.05) is 13.2 Å². The van der Waals surface area contributed by atoms with Crippen LogP contribution in [0.5, 0.6) is 0 Å². The lowest BCUT2D eigenvalue weighted by molar-refractivity contribution is -0.138. The van der Waals surface area contributed by atoms with Gasteiger partial charge in [-0.1, -0.05) is 30.3 Å². The van der Waals surface area contributed by atoms with E-state index < -0.39 is 5.72 Å². The van der Waals surface area contributed by atoms with Gasteiger partial charge in [-0.05, 0) is 24.6 Å². The summed E-state index contributed by atoms with van der Waals surface area (Å²) in [5, 5.41) is 0. The van der Waals surface area contributed by atoms with Gasteiger partial charge in [0, 0.05) is 24.9 Å². The summed E-state index contributed by atoms with van der Waals surface area (Å²) in [7, 11) is 0. The minimum absolute atomic E-state index is 0.0618. The van der Waals surface area contributed by atoms with Gasteiger partial charge in [0.2, 0.25) is 5.91 Å². The number of rotatable bonds is 2. The van der Waals surface area contributed by atoms with Gasteiger partial charge in [-0.15, -0.1) is 0 Å². The number of likely N-dealkylation sites (tertiary alicyclic amines) is 1. The van der Waals surface area contributed by atoms with Crippen LogP contribution in [0.1, 0.15) is 40.5 Å². The number of benzene rings is 1. The van der Waals surface area contributed by atoms with Crippen molar-refractivity contribution in [3.05, 3.63) is 65.5 Å². The molecule has 5 rings (SSSR count). The van der Waals surface area contributed by atoms with Gasteiger partial charge in [0.1, 0.15) is 0 Å². The number of carbonyl (C=O) groups is 2. The van der Waals surface area contributed by atoms with E-state index in [2.05, 4.69) is 4.98 Å². The molecule has 138 valence electrons. The lowest BCUT2D eigenvalue weighted by atomic mass is 10.0. The lowest BCUT2D eigenvalue weighted by Crippen LogP contribution is -2.49. The SMILES string of the molecule is Cc1ncccc1C(=O)N1CC[C@@]23OC[C@@H](c4ccccc4)N2C(=O)C[C@@H]13. The maximum absolute atomic E-state index is 13.2. The van der Waals surface area contributed by atoms with Gasteiger partial charge >= 0.3 is 0 Å². The second kappa shape index (κ2) is 5.89. The molecule has 0 N–H and O–H groups in total. The summed E-state index contributed by atoms with van der Waals surface area (Å²) in [6, 6.07) is 13.2. The molecule has 1 spiro atoms. The summed E-state index contributed by atoms with van der Waals surface area (Å²) in [5.41, 5.74) is 1.69. The first-order valence-electron chi connectivity index (χ1n) is 9.35. The first-order valence-corrected chi connectivity index (χ1v) is 9.35. The van der Waals surface area contributed by atoms with Crippen molar-refractivity contribution >= 4 is 11.8 Å². The van der Waals surface area contributed by atoms with Gasteiger partial charge in [0.25, 0.3) is 5.91 Å². The predicted molar refractivity (Wildman–Crippen MR) is 97.7 cm³/mol. The summed E-state index contributed by atoms with van der Waals surface area (Å²) in [6.07, 6.45) is 2.65. The number of carbonyl (C=O) groups excluding carboxylic acids is 2. The number of nitrogens with zero attached hydrogens (tertiary/aromatic N) is 3. The highest BCUT2D eigenvalue weighted by Crippen LogP contribution is 2.51. The minimum atomic E-state index is -0.691. The molecule has 6 heteroatoms. The molecule has 6 nitrogen and oxygen atoms in total. The molecule has 0 saturated carbocycles. The van der Waals surface area contributed by atoms with E-state index in [1.807, 2.05) is 47.1 Å². The molecule has 3 fully saturated rings. The average Bonchev–Trinajstić information content (AvgIpc) is 3.31. The Morgan fingerprint density at radius 2 is 2.04 bits per heavy atom. The van der Waals surface area contributed by atoms with Crippen LogP contribution in [0.4, 0.5) is 0 Å². The van der Waals surface area contributed by atoms with E-state index in [1.54, 1.807) is 18.3 Å². The second-order valence-corrected chi connectivity index (χ2v) is 7.45. The number of aromatic nitrogens is 1. The smallest absolute Gasteiger partial charge is 0.256 e. The van der Waals surface area contributed by atoms with Crippen LogP contribution in [0.3, 0.4) is 0 Å². The fourth-order valence-corrected chi connectivity index (χ4v) is 4.87. The molecule has 4 heterocycles. The second-order valence-electron chi connectivity index (χ2n) is 7.45. The molecule has 3 aliphatic rings. The van der Waals surface area contributed by atoms with E-state index in [4.69, 9.17) is 4.74 Å². The lowest BCUT2D eigenvalue weighted by Gasteiger charge is -2.33. The molecule has 2 amide bonds.